The number of benzene rings is 1. The Balaban J connectivity index is 1.92. The van der Waals surface area contributed by atoms with Crippen LogP contribution in [-0.4, -0.2) is 43.1 Å². The highest BCUT2D eigenvalue weighted by molar-refractivity contribution is 5.95. The maximum Gasteiger partial charge on any atom is 0.340 e. The summed E-state index contributed by atoms with van der Waals surface area (Å²) in [7, 11) is 0. The molecule has 108 valence electrons. The van der Waals surface area contributed by atoms with Crippen LogP contribution in [0.1, 0.15) is 10.4 Å². The quantitative estimate of drug-likeness (QED) is 0.631. The van der Waals surface area contributed by atoms with Crippen molar-refractivity contribution in [2.75, 3.05) is 32.0 Å². The van der Waals surface area contributed by atoms with Crippen molar-refractivity contribution in [3.8, 4) is 0 Å². The lowest BCUT2D eigenvalue weighted by molar-refractivity contribution is 0.0482. The minimum atomic E-state index is -1.18. The molecule has 0 unspecified atom stereocenters. The summed E-state index contributed by atoms with van der Waals surface area (Å²) in [4.78, 5) is 24.4. The van der Waals surface area contributed by atoms with Crippen LogP contribution in [0.15, 0.2) is 12.1 Å². The highest BCUT2D eigenvalue weighted by Gasteiger charge is 2.20. The standard InChI is InChI=1S/C12H13F2N3O3/c13-8-5-7(10(15)6-9(8)14)11(18)20-4-3-17-2-1-16-12(17)19/h5-6H,1-4,15H2,(H,16,19). The highest BCUT2D eigenvalue weighted by atomic mass is 19.2. The molecule has 1 heterocycles. The molecule has 1 aliphatic heterocycles. The number of halogens is 2. The van der Waals surface area contributed by atoms with Gasteiger partial charge in [-0.15, -0.1) is 0 Å². The van der Waals surface area contributed by atoms with Crippen LogP contribution >= 0.6 is 0 Å². The number of nitrogens with two attached hydrogens (primary N) is 1. The fourth-order valence-corrected chi connectivity index (χ4v) is 1.79. The van der Waals surface area contributed by atoms with Crippen molar-refractivity contribution in [1.29, 1.82) is 0 Å². The van der Waals surface area contributed by atoms with Gasteiger partial charge < -0.3 is 20.7 Å². The third-order valence-corrected chi connectivity index (χ3v) is 2.85. The first-order valence-electron chi connectivity index (χ1n) is 5.93. The summed E-state index contributed by atoms with van der Waals surface area (Å²) < 4.78 is 30.8. The van der Waals surface area contributed by atoms with Crippen LogP contribution in [0.3, 0.4) is 0 Å². The van der Waals surface area contributed by atoms with Gasteiger partial charge in [0.2, 0.25) is 0 Å². The lowest BCUT2D eigenvalue weighted by Crippen LogP contribution is -2.31. The molecule has 0 aromatic heterocycles. The predicted molar refractivity (Wildman–Crippen MR) is 66.0 cm³/mol. The smallest absolute Gasteiger partial charge is 0.340 e. The molecule has 0 bridgehead atoms. The van der Waals surface area contributed by atoms with Crippen molar-refractivity contribution < 1.29 is 23.1 Å². The fourth-order valence-electron chi connectivity index (χ4n) is 1.79. The summed E-state index contributed by atoms with van der Waals surface area (Å²) in [6.45, 7) is 1.25. The predicted octanol–water partition coefficient (Wildman–Crippen LogP) is 0.729. The number of anilines is 1. The van der Waals surface area contributed by atoms with Crippen LogP contribution < -0.4 is 11.1 Å². The van der Waals surface area contributed by atoms with Gasteiger partial charge in [0.05, 0.1) is 12.1 Å². The number of nitrogens with zero attached hydrogens (tertiary/aromatic N) is 1. The number of rotatable bonds is 4. The van der Waals surface area contributed by atoms with Crippen LogP contribution in [0.2, 0.25) is 0 Å². The minimum Gasteiger partial charge on any atom is -0.460 e. The zero-order valence-corrected chi connectivity index (χ0v) is 10.5. The third-order valence-electron chi connectivity index (χ3n) is 2.85. The summed E-state index contributed by atoms with van der Waals surface area (Å²) in [5.74, 6) is -3.17. The zero-order chi connectivity index (χ0) is 14.7. The van der Waals surface area contributed by atoms with Gasteiger partial charge in [0, 0.05) is 24.8 Å². The number of nitrogens with one attached hydrogen (secondary N) is 1. The van der Waals surface area contributed by atoms with Gasteiger partial charge >= 0.3 is 12.0 Å². The molecule has 1 aromatic carbocycles. The fraction of sp³-hybridized carbons (Fsp3) is 0.333. The Bertz CT molecular complexity index is 551. The number of hydrogen-bond donors (Lipinski definition) is 2. The molecule has 0 atom stereocenters. The molecule has 1 saturated heterocycles. The average molecular weight is 285 g/mol. The van der Waals surface area contributed by atoms with E-state index in [-0.39, 0.29) is 30.4 Å². The molecule has 0 saturated carbocycles. The third kappa shape index (κ3) is 2.95. The minimum absolute atomic E-state index is 0.0509. The monoisotopic (exact) mass is 285 g/mol. The Morgan fingerprint density at radius 2 is 2.10 bits per heavy atom. The van der Waals surface area contributed by atoms with Gasteiger partial charge in [-0.05, 0) is 6.07 Å². The van der Waals surface area contributed by atoms with E-state index in [0.29, 0.717) is 19.2 Å². The number of amides is 2. The van der Waals surface area contributed by atoms with Crippen LogP contribution in [0.5, 0.6) is 0 Å². The van der Waals surface area contributed by atoms with Crippen LogP contribution in [-0.2, 0) is 4.74 Å². The van der Waals surface area contributed by atoms with Crippen molar-refractivity contribution in [2.45, 2.75) is 0 Å². The summed E-state index contributed by atoms with van der Waals surface area (Å²) in [5, 5.41) is 2.60. The number of hydrogen-bond acceptors (Lipinski definition) is 4. The van der Waals surface area contributed by atoms with Gasteiger partial charge in [-0.25, -0.2) is 18.4 Å². The van der Waals surface area contributed by atoms with Gasteiger partial charge in [0.25, 0.3) is 0 Å². The largest absolute Gasteiger partial charge is 0.460 e. The van der Waals surface area contributed by atoms with Crippen molar-refractivity contribution in [1.82, 2.24) is 10.2 Å². The van der Waals surface area contributed by atoms with E-state index in [9.17, 15) is 18.4 Å². The second kappa shape index (κ2) is 5.72. The van der Waals surface area contributed by atoms with Gasteiger partial charge in [0.1, 0.15) is 6.61 Å². The summed E-state index contributed by atoms with van der Waals surface area (Å²) >= 11 is 0. The second-order valence-electron chi connectivity index (χ2n) is 4.21. The molecule has 3 N–H and O–H groups in total. The van der Waals surface area contributed by atoms with E-state index < -0.39 is 17.6 Å². The summed E-state index contributed by atoms with van der Waals surface area (Å²) in [5.41, 5.74) is 4.98. The van der Waals surface area contributed by atoms with E-state index in [4.69, 9.17) is 10.5 Å². The Labute approximate surface area is 113 Å². The number of urea groups is 1. The number of ether oxygens (including phenoxy) is 1. The molecule has 0 radical (unpaired) electrons. The first-order chi connectivity index (χ1) is 9.49. The SMILES string of the molecule is Nc1cc(F)c(F)cc1C(=O)OCCN1CCNC1=O. The average Bonchev–Trinajstić information content (AvgIpc) is 2.79. The Kier molecular flexibility index (Phi) is 4.02. The first kappa shape index (κ1) is 14.0. The van der Waals surface area contributed by atoms with E-state index in [1.54, 1.807) is 0 Å². The Hall–Kier alpha value is -2.38. The van der Waals surface area contributed by atoms with E-state index in [1.165, 1.54) is 4.90 Å². The second-order valence-corrected chi connectivity index (χ2v) is 4.21. The van der Waals surface area contributed by atoms with Gasteiger partial charge in [0.15, 0.2) is 11.6 Å². The number of nitrogen functional groups attached to an aromatic ring is 1. The van der Waals surface area contributed by atoms with Crippen LogP contribution in [0.25, 0.3) is 0 Å². The van der Waals surface area contributed by atoms with Crippen molar-refractivity contribution >= 4 is 17.7 Å². The molecule has 2 rings (SSSR count). The molecule has 20 heavy (non-hydrogen) atoms. The molecule has 6 nitrogen and oxygen atoms in total. The Morgan fingerprint density at radius 1 is 1.40 bits per heavy atom. The zero-order valence-electron chi connectivity index (χ0n) is 10.5. The molecule has 2 amide bonds. The molecule has 1 aromatic rings. The number of carbonyl (C=O) groups is 2. The maximum absolute atomic E-state index is 13.0. The van der Waals surface area contributed by atoms with Gasteiger partial charge in [-0.3, -0.25) is 0 Å². The van der Waals surface area contributed by atoms with Crippen LogP contribution in [0, 0.1) is 11.6 Å². The van der Waals surface area contributed by atoms with E-state index in [1.807, 2.05) is 0 Å². The molecule has 8 heteroatoms. The van der Waals surface area contributed by atoms with Crippen LogP contribution in [0.4, 0.5) is 19.3 Å². The van der Waals surface area contributed by atoms with E-state index in [2.05, 4.69) is 5.32 Å². The molecule has 1 fully saturated rings. The first-order valence-corrected chi connectivity index (χ1v) is 5.93. The van der Waals surface area contributed by atoms with E-state index >= 15 is 0 Å². The lowest BCUT2D eigenvalue weighted by Gasteiger charge is -2.14. The molecular weight excluding hydrogens is 272 g/mol. The molecular formula is C12H13F2N3O3. The van der Waals surface area contributed by atoms with Gasteiger partial charge in [-0.2, -0.15) is 0 Å². The maximum atomic E-state index is 13.0. The Morgan fingerprint density at radius 3 is 2.75 bits per heavy atom. The molecule has 0 spiro atoms. The summed E-state index contributed by atoms with van der Waals surface area (Å²) in [6.07, 6.45) is 0. The molecule has 1 aliphatic rings. The lowest BCUT2D eigenvalue weighted by atomic mass is 10.1. The van der Waals surface area contributed by atoms with Crippen molar-refractivity contribution in [3.05, 3.63) is 29.3 Å². The normalized spacial score (nSPS) is 14.3. The van der Waals surface area contributed by atoms with E-state index in [0.717, 1.165) is 6.07 Å². The van der Waals surface area contributed by atoms with Crippen molar-refractivity contribution in [2.24, 2.45) is 0 Å². The van der Waals surface area contributed by atoms with Gasteiger partial charge in [-0.1, -0.05) is 0 Å². The summed E-state index contributed by atoms with van der Waals surface area (Å²) in [6, 6.07) is 1.18. The topological polar surface area (TPSA) is 84.7 Å². The van der Waals surface area contributed by atoms with Crippen molar-refractivity contribution in [3.63, 3.8) is 0 Å². The number of esters is 1. The number of carbonyl (C=O) groups excluding carboxylic acids is 2. The highest BCUT2D eigenvalue weighted by Crippen LogP contribution is 2.17. The molecule has 0 aliphatic carbocycles.